The van der Waals surface area contributed by atoms with Gasteiger partial charge in [0.25, 0.3) is 0 Å². The van der Waals surface area contributed by atoms with E-state index >= 15 is 0 Å². The molecule has 1 heterocycles. The minimum atomic E-state index is -0.243. The van der Waals surface area contributed by atoms with E-state index in [1.54, 1.807) is 4.90 Å². The lowest BCUT2D eigenvalue weighted by atomic mass is 9.98. The largest absolute Gasteiger partial charge is 0.447 e. The zero-order valence-corrected chi connectivity index (χ0v) is 10.3. The lowest BCUT2D eigenvalue weighted by Gasteiger charge is -2.29. The van der Waals surface area contributed by atoms with Crippen molar-refractivity contribution in [2.24, 2.45) is 0 Å². The Morgan fingerprint density at radius 1 is 1.47 bits per heavy atom. The second kappa shape index (κ2) is 4.65. The van der Waals surface area contributed by atoms with Gasteiger partial charge < -0.3 is 15.4 Å². The highest BCUT2D eigenvalue weighted by Crippen LogP contribution is 2.24. The van der Waals surface area contributed by atoms with E-state index in [1.165, 1.54) is 5.56 Å². The summed E-state index contributed by atoms with van der Waals surface area (Å²) in [6.45, 7) is 4.97. The molecule has 2 rings (SSSR count). The van der Waals surface area contributed by atoms with Crippen LogP contribution in [-0.4, -0.2) is 23.6 Å². The Hall–Kier alpha value is -1.71. The number of carbonyl (C=O) groups is 1. The Morgan fingerprint density at radius 3 is 2.94 bits per heavy atom. The van der Waals surface area contributed by atoms with Crippen molar-refractivity contribution in [2.45, 2.75) is 32.9 Å². The van der Waals surface area contributed by atoms with Crippen molar-refractivity contribution < 1.29 is 9.53 Å². The molecule has 1 aromatic rings. The summed E-state index contributed by atoms with van der Waals surface area (Å²) in [5, 5.41) is 0. The number of amides is 1. The third kappa shape index (κ3) is 2.52. The van der Waals surface area contributed by atoms with Gasteiger partial charge in [-0.15, -0.1) is 0 Å². The maximum absolute atomic E-state index is 11.8. The molecule has 0 fully saturated rings. The van der Waals surface area contributed by atoms with Crippen LogP contribution in [0.2, 0.25) is 0 Å². The standard InChI is InChI=1S/C13H18N2O2/c1-9(2)17-13(16)15-7-6-11-10(8-15)4-3-5-12(11)14/h3-5,9H,6-8,14H2,1-2H3. The molecule has 2 N–H and O–H groups in total. The fraction of sp³-hybridized carbons (Fsp3) is 0.462. The van der Waals surface area contributed by atoms with Gasteiger partial charge >= 0.3 is 6.09 Å². The van der Waals surface area contributed by atoms with Crippen molar-refractivity contribution in [1.82, 2.24) is 4.90 Å². The van der Waals surface area contributed by atoms with E-state index in [4.69, 9.17) is 10.5 Å². The van der Waals surface area contributed by atoms with E-state index in [0.29, 0.717) is 13.1 Å². The fourth-order valence-corrected chi connectivity index (χ4v) is 2.07. The number of nitrogens with two attached hydrogens (primary N) is 1. The topological polar surface area (TPSA) is 55.6 Å². The predicted molar refractivity (Wildman–Crippen MR) is 66.6 cm³/mol. The monoisotopic (exact) mass is 234 g/mol. The first-order valence-corrected chi connectivity index (χ1v) is 5.89. The van der Waals surface area contributed by atoms with E-state index in [1.807, 2.05) is 32.0 Å². The van der Waals surface area contributed by atoms with Gasteiger partial charge in [0.05, 0.1) is 6.10 Å². The summed E-state index contributed by atoms with van der Waals surface area (Å²) in [5.74, 6) is 0. The lowest BCUT2D eigenvalue weighted by Crippen LogP contribution is -2.37. The zero-order chi connectivity index (χ0) is 12.4. The predicted octanol–water partition coefficient (Wildman–Crippen LogP) is 2.17. The number of rotatable bonds is 1. The molecule has 0 saturated heterocycles. The molecule has 0 radical (unpaired) electrons. The van der Waals surface area contributed by atoms with Crippen LogP contribution in [0.25, 0.3) is 0 Å². The SMILES string of the molecule is CC(C)OC(=O)N1CCc2c(N)cccc2C1. The summed E-state index contributed by atoms with van der Waals surface area (Å²) in [7, 11) is 0. The minimum Gasteiger partial charge on any atom is -0.447 e. The maximum atomic E-state index is 11.8. The van der Waals surface area contributed by atoms with Gasteiger partial charge in [-0.3, -0.25) is 0 Å². The van der Waals surface area contributed by atoms with Gasteiger partial charge in [0.2, 0.25) is 0 Å². The van der Waals surface area contributed by atoms with Crippen LogP contribution >= 0.6 is 0 Å². The van der Waals surface area contributed by atoms with Gasteiger partial charge in [0.1, 0.15) is 0 Å². The molecule has 4 heteroatoms. The third-order valence-electron chi connectivity index (χ3n) is 2.90. The number of ether oxygens (including phenoxy) is 1. The second-order valence-corrected chi connectivity index (χ2v) is 4.59. The number of nitrogens with zero attached hydrogens (tertiary/aromatic N) is 1. The first-order valence-electron chi connectivity index (χ1n) is 5.89. The Kier molecular flexibility index (Phi) is 3.22. The number of nitrogen functional groups attached to an aromatic ring is 1. The summed E-state index contributed by atoms with van der Waals surface area (Å²) in [5.41, 5.74) is 9.02. The summed E-state index contributed by atoms with van der Waals surface area (Å²) in [6, 6.07) is 5.84. The molecule has 0 saturated carbocycles. The van der Waals surface area contributed by atoms with Crippen LogP contribution in [0.1, 0.15) is 25.0 Å². The van der Waals surface area contributed by atoms with Crippen LogP contribution in [0.15, 0.2) is 18.2 Å². The zero-order valence-electron chi connectivity index (χ0n) is 10.3. The molecule has 0 unspecified atom stereocenters. The molecule has 1 aliphatic rings. The van der Waals surface area contributed by atoms with Gasteiger partial charge in [-0.05, 0) is 37.5 Å². The number of carbonyl (C=O) groups excluding carboxylic acids is 1. The van der Waals surface area contributed by atoms with Crippen molar-refractivity contribution in [2.75, 3.05) is 12.3 Å². The van der Waals surface area contributed by atoms with Crippen LogP contribution in [0, 0.1) is 0 Å². The number of anilines is 1. The fourth-order valence-electron chi connectivity index (χ4n) is 2.07. The van der Waals surface area contributed by atoms with Crippen molar-refractivity contribution in [3.05, 3.63) is 29.3 Å². The quantitative estimate of drug-likeness (QED) is 0.758. The summed E-state index contributed by atoms with van der Waals surface area (Å²) < 4.78 is 5.19. The molecule has 0 bridgehead atoms. The molecule has 0 spiro atoms. The van der Waals surface area contributed by atoms with Crippen LogP contribution in [-0.2, 0) is 17.7 Å². The molecule has 1 amide bonds. The van der Waals surface area contributed by atoms with E-state index in [0.717, 1.165) is 17.7 Å². The Morgan fingerprint density at radius 2 is 2.24 bits per heavy atom. The van der Waals surface area contributed by atoms with Gasteiger partial charge in [-0.2, -0.15) is 0 Å². The average molecular weight is 234 g/mol. The Balaban J connectivity index is 2.11. The maximum Gasteiger partial charge on any atom is 0.410 e. The first-order chi connectivity index (χ1) is 8.08. The number of hydrogen-bond donors (Lipinski definition) is 1. The molecule has 4 nitrogen and oxygen atoms in total. The van der Waals surface area contributed by atoms with Crippen molar-refractivity contribution >= 4 is 11.8 Å². The van der Waals surface area contributed by atoms with E-state index < -0.39 is 0 Å². The molecule has 0 atom stereocenters. The number of hydrogen-bond acceptors (Lipinski definition) is 3. The second-order valence-electron chi connectivity index (χ2n) is 4.59. The highest BCUT2D eigenvalue weighted by Gasteiger charge is 2.23. The number of fused-ring (bicyclic) bond motifs is 1. The highest BCUT2D eigenvalue weighted by molar-refractivity contribution is 5.69. The van der Waals surface area contributed by atoms with Crippen molar-refractivity contribution in [3.63, 3.8) is 0 Å². The summed E-state index contributed by atoms with van der Waals surface area (Å²) >= 11 is 0. The molecular formula is C13H18N2O2. The van der Waals surface area contributed by atoms with E-state index in [-0.39, 0.29) is 12.2 Å². The van der Waals surface area contributed by atoms with Gasteiger partial charge in [-0.25, -0.2) is 4.79 Å². The van der Waals surface area contributed by atoms with Crippen molar-refractivity contribution in [1.29, 1.82) is 0 Å². The molecule has 1 aromatic carbocycles. The van der Waals surface area contributed by atoms with E-state index in [2.05, 4.69) is 0 Å². The van der Waals surface area contributed by atoms with Crippen molar-refractivity contribution in [3.8, 4) is 0 Å². The highest BCUT2D eigenvalue weighted by atomic mass is 16.6. The van der Waals surface area contributed by atoms with Crippen LogP contribution in [0.5, 0.6) is 0 Å². The number of benzene rings is 1. The molecular weight excluding hydrogens is 216 g/mol. The van der Waals surface area contributed by atoms with Gasteiger partial charge in [-0.1, -0.05) is 12.1 Å². The van der Waals surface area contributed by atoms with Crippen LogP contribution in [0.4, 0.5) is 10.5 Å². The molecule has 0 aromatic heterocycles. The third-order valence-corrected chi connectivity index (χ3v) is 2.90. The van der Waals surface area contributed by atoms with E-state index in [9.17, 15) is 4.79 Å². The lowest BCUT2D eigenvalue weighted by molar-refractivity contribution is 0.0730. The average Bonchev–Trinajstić information content (AvgIpc) is 2.28. The molecule has 1 aliphatic heterocycles. The summed E-state index contributed by atoms with van der Waals surface area (Å²) in [4.78, 5) is 13.5. The van der Waals surface area contributed by atoms with Crippen LogP contribution in [0.3, 0.4) is 0 Å². The van der Waals surface area contributed by atoms with Crippen LogP contribution < -0.4 is 5.73 Å². The smallest absolute Gasteiger partial charge is 0.410 e. The molecule has 0 aliphatic carbocycles. The van der Waals surface area contributed by atoms with Gasteiger partial charge in [0.15, 0.2) is 0 Å². The minimum absolute atomic E-state index is 0.0789. The molecule has 92 valence electrons. The van der Waals surface area contributed by atoms with Gasteiger partial charge in [0, 0.05) is 18.8 Å². The Bertz CT molecular complexity index is 429. The first kappa shape index (κ1) is 11.8. The normalized spacial score (nSPS) is 14.6. The summed E-state index contributed by atoms with van der Waals surface area (Å²) in [6.07, 6.45) is 0.479. The Labute approximate surface area is 101 Å². The molecule has 17 heavy (non-hydrogen) atoms.